The van der Waals surface area contributed by atoms with Gasteiger partial charge in [-0.2, -0.15) is 5.10 Å². The monoisotopic (exact) mass is 633 g/mol. The van der Waals surface area contributed by atoms with Crippen LogP contribution in [0.1, 0.15) is 25.7 Å². The molecule has 5 aromatic heterocycles. The number of nitrogens with one attached hydrogen (secondary N) is 2. The van der Waals surface area contributed by atoms with Crippen LogP contribution in [0.4, 0.5) is 4.39 Å². The number of halogens is 1. The topological polar surface area (TPSA) is 121 Å². The van der Waals surface area contributed by atoms with E-state index < -0.39 is 0 Å². The minimum atomic E-state index is -0.378. The number of hydrogen-bond donors (Lipinski definition) is 2. The van der Waals surface area contributed by atoms with Gasteiger partial charge in [-0.15, -0.1) is 0 Å². The van der Waals surface area contributed by atoms with E-state index in [1.165, 1.54) is 37.8 Å². The summed E-state index contributed by atoms with van der Waals surface area (Å²) in [6.07, 6.45) is 11.9. The first-order valence-electron chi connectivity index (χ1n) is 16.3. The second-order valence-electron chi connectivity index (χ2n) is 12.2. The lowest BCUT2D eigenvalue weighted by Gasteiger charge is -2.15. The number of ether oxygens (including phenoxy) is 2. The molecule has 0 spiro atoms. The van der Waals surface area contributed by atoms with Crippen molar-refractivity contribution in [3.8, 4) is 45.4 Å². The molecule has 0 amide bonds. The Balaban J connectivity index is 1.05. The number of pyridine rings is 3. The molecule has 12 heteroatoms. The largest absolute Gasteiger partial charge is 0.492 e. The molecule has 0 bridgehead atoms. The molecule has 2 N–H and O–H groups in total. The Morgan fingerprint density at radius 2 is 1.43 bits per heavy atom. The summed E-state index contributed by atoms with van der Waals surface area (Å²) in [5.41, 5.74) is 6.28. The van der Waals surface area contributed by atoms with Gasteiger partial charge in [0.25, 0.3) is 0 Å². The van der Waals surface area contributed by atoms with E-state index >= 15 is 0 Å². The second kappa shape index (κ2) is 13.0. The van der Waals surface area contributed by atoms with Crippen molar-refractivity contribution in [3.05, 3.63) is 67.0 Å². The number of fused-ring (bicyclic) bond motifs is 2. The molecule has 8 rings (SSSR count). The van der Waals surface area contributed by atoms with Gasteiger partial charge in [-0.25, -0.2) is 14.4 Å². The summed E-state index contributed by atoms with van der Waals surface area (Å²) >= 11 is 0. The first-order chi connectivity index (χ1) is 23.2. The highest BCUT2D eigenvalue weighted by Crippen LogP contribution is 2.33. The van der Waals surface area contributed by atoms with E-state index in [1.54, 1.807) is 24.8 Å². The SMILES string of the molecule is Fc1cc(OCCN2CCCC2)cc(-c2cncc3[nH]c(-c4n[nH]c5ccc(-c6cncc(OCCN7CCCC7)c6)nc45)nc23)c1. The van der Waals surface area contributed by atoms with E-state index in [0.717, 1.165) is 56.0 Å². The molecule has 240 valence electrons. The molecule has 0 unspecified atom stereocenters. The third-order valence-electron chi connectivity index (χ3n) is 8.97. The summed E-state index contributed by atoms with van der Waals surface area (Å²) in [5.74, 6) is 1.35. The lowest BCUT2D eigenvalue weighted by atomic mass is 10.1. The number of aromatic amines is 2. The lowest BCUT2D eigenvalue weighted by molar-refractivity contribution is 0.237. The van der Waals surface area contributed by atoms with Gasteiger partial charge in [0.2, 0.25) is 0 Å². The van der Waals surface area contributed by atoms with Crippen molar-refractivity contribution in [3.63, 3.8) is 0 Å². The van der Waals surface area contributed by atoms with Crippen LogP contribution in [-0.4, -0.2) is 97.4 Å². The molecule has 0 atom stereocenters. The fourth-order valence-electron chi connectivity index (χ4n) is 6.52. The van der Waals surface area contributed by atoms with Gasteiger partial charge in [-0.1, -0.05) is 0 Å². The number of hydrogen-bond acceptors (Lipinski definition) is 9. The molecule has 2 aliphatic rings. The van der Waals surface area contributed by atoms with Gasteiger partial charge < -0.3 is 14.5 Å². The van der Waals surface area contributed by atoms with Crippen molar-refractivity contribution in [2.24, 2.45) is 0 Å². The van der Waals surface area contributed by atoms with E-state index in [0.29, 0.717) is 63.9 Å². The molecule has 0 aliphatic carbocycles. The van der Waals surface area contributed by atoms with Crippen molar-refractivity contribution < 1.29 is 13.9 Å². The van der Waals surface area contributed by atoms with Gasteiger partial charge >= 0.3 is 0 Å². The molecule has 2 aliphatic heterocycles. The summed E-state index contributed by atoms with van der Waals surface area (Å²) in [5, 5.41) is 7.63. The Labute approximate surface area is 271 Å². The van der Waals surface area contributed by atoms with Crippen molar-refractivity contribution in [1.29, 1.82) is 0 Å². The maximum Gasteiger partial charge on any atom is 0.161 e. The van der Waals surface area contributed by atoms with E-state index in [-0.39, 0.29) is 5.82 Å². The zero-order valence-electron chi connectivity index (χ0n) is 26.1. The summed E-state index contributed by atoms with van der Waals surface area (Å²) in [4.78, 5) is 26.8. The highest BCUT2D eigenvalue weighted by Gasteiger charge is 2.19. The van der Waals surface area contributed by atoms with Gasteiger partial charge in [0, 0.05) is 42.7 Å². The summed E-state index contributed by atoms with van der Waals surface area (Å²) in [7, 11) is 0. The van der Waals surface area contributed by atoms with Gasteiger partial charge in [-0.05, 0) is 87.8 Å². The number of benzene rings is 1. The van der Waals surface area contributed by atoms with Crippen molar-refractivity contribution in [2.75, 3.05) is 52.5 Å². The maximum atomic E-state index is 14.8. The van der Waals surface area contributed by atoms with Crippen molar-refractivity contribution in [1.82, 2.24) is 44.9 Å². The number of imidazole rings is 1. The quantitative estimate of drug-likeness (QED) is 0.185. The summed E-state index contributed by atoms with van der Waals surface area (Å²) in [6.45, 7) is 7.33. The number of likely N-dealkylation sites (tertiary alicyclic amines) is 2. The van der Waals surface area contributed by atoms with Gasteiger partial charge in [0.05, 0.1) is 34.6 Å². The van der Waals surface area contributed by atoms with Gasteiger partial charge in [0.15, 0.2) is 11.5 Å². The molecular formula is C35H36FN9O2. The Hall–Kier alpha value is -4.94. The standard InChI is InChI=1S/C35H36FN9O2/c36-25-15-23(16-26(18-25)46-13-11-44-7-1-2-8-44)28-21-38-22-31-32(28)41-35(40-31)34-33-30(42-43-34)6-5-29(39-33)24-17-27(20-37-19-24)47-14-12-45-9-3-4-10-45/h5-6,15-22H,1-4,7-14H2,(H,40,41)(H,42,43). The van der Waals surface area contributed by atoms with Crippen LogP contribution >= 0.6 is 0 Å². The van der Waals surface area contributed by atoms with Gasteiger partial charge in [0.1, 0.15) is 36.0 Å². The minimum absolute atomic E-state index is 0.378. The third-order valence-corrected chi connectivity index (χ3v) is 8.97. The van der Waals surface area contributed by atoms with E-state index in [9.17, 15) is 4.39 Å². The number of nitrogens with zero attached hydrogens (tertiary/aromatic N) is 7. The highest BCUT2D eigenvalue weighted by atomic mass is 19.1. The Kier molecular flexibility index (Phi) is 8.18. The number of rotatable bonds is 11. The van der Waals surface area contributed by atoms with Crippen LogP contribution in [0.5, 0.6) is 11.5 Å². The first kappa shape index (κ1) is 29.5. The van der Waals surface area contributed by atoms with Gasteiger partial charge in [-0.3, -0.25) is 24.9 Å². The van der Waals surface area contributed by atoms with E-state index in [4.69, 9.17) is 19.4 Å². The smallest absolute Gasteiger partial charge is 0.161 e. The number of aromatic nitrogens is 7. The predicted octanol–water partition coefficient (Wildman–Crippen LogP) is 5.71. The summed E-state index contributed by atoms with van der Waals surface area (Å²) in [6, 6.07) is 10.6. The maximum absolute atomic E-state index is 14.8. The second-order valence-corrected chi connectivity index (χ2v) is 12.2. The average Bonchev–Trinajstić information content (AvgIpc) is 3.91. The Bertz CT molecular complexity index is 2010. The molecular weight excluding hydrogens is 597 g/mol. The molecule has 6 aromatic rings. The molecule has 1 aromatic carbocycles. The first-order valence-corrected chi connectivity index (χ1v) is 16.3. The van der Waals surface area contributed by atoms with Crippen LogP contribution in [0.25, 0.3) is 56.0 Å². The fourth-order valence-corrected chi connectivity index (χ4v) is 6.52. The molecule has 47 heavy (non-hydrogen) atoms. The lowest BCUT2D eigenvalue weighted by Crippen LogP contribution is -2.25. The fraction of sp³-hybridized carbons (Fsp3) is 0.343. The van der Waals surface area contributed by atoms with Crippen molar-refractivity contribution >= 4 is 22.1 Å². The van der Waals surface area contributed by atoms with Crippen LogP contribution in [0.15, 0.2) is 61.2 Å². The zero-order valence-corrected chi connectivity index (χ0v) is 26.1. The molecule has 2 fully saturated rings. The summed E-state index contributed by atoms with van der Waals surface area (Å²) < 4.78 is 26.8. The predicted molar refractivity (Wildman–Crippen MR) is 178 cm³/mol. The number of H-pyrrole nitrogens is 2. The Morgan fingerprint density at radius 1 is 0.702 bits per heavy atom. The molecule has 0 saturated carbocycles. The van der Waals surface area contributed by atoms with Crippen LogP contribution in [-0.2, 0) is 0 Å². The van der Waals surface area contributed by atoms with E-state index in [1.807, 2.05) is 24.3 Å². The average molecular weight is 634 g/mol. The zero-order chi connectivity index (χ0) is 31.6. The third kappa shape index (κ3) is 6.38. The Morgan fingerprint density at radius 3 is 2.21 bits per heavy atom. The van der Waals surface area contributed by atoms with Crippen LogP contribution in [0.3, 0.4) is 0 Å². The van der Waals surface area contributed by atoms with Crippen LogP contribution in [0, 0.1) is 5.82 Å². The van der Waals surface area contributed by atoms with Crippen LogP contribution < -0.4 is 9.47 Å². The van der Waals surface area contributed by atoms with Crippen molar-refractivity contribution in [2.45, 2.75) is 25.7 Å². The van der Waals surface area contributed by atoms with E-state index in [2.05, 4.69) is 34.9 Å². The normalized spacial score (nSPS) is 15.7. The molecule has 7 heterocycles. The highest BCUT2D eigenvalue weighted by molar-refractivity contribution is 5.96. The van der Waals surface area contributed by atoms with Crippen LogP contribution in [0.2, 0.25) is 0 Å². The minimum Gasteiger partial charge on any atom is -0.492 e. The molecule has 11 nitrogen and oxygen atoms in total. The molecule has 2 saturated heterocycles. The molecule has 0 radical (unpaired) electrons.